The van der Waals surface area contributed by atoms with E-state index in [2.05, 4.69) is 47.9 Å². The van der Waals surface area contributed by atoms with Gasteiger partial charge in [-0.3, -0.25) is 4.79 Å². The fraction of sp³-hybridized carbons (Fsp3) is 0.182. The van der Waals surface area contributed by atoms with E-state index in [1.807, 2.05) is 56.3 Å². The number of nitrogen functional groups attached to an aromatic ring is 1. The Morgan fingerprint density at radius 2 is 1.88 bits per heavy atom. The molecule has 0 bridgehead atoms. The van der Waals surface area contributed by atoms with Crippen molar-refractivity contribution >= 4 is 17.4 Å². The van der Waals surface area contributed by atoms with Crippen molar-refractivity contribution in [3.8, 4) is 17.1 Å². The highest BCUT2D eigenvalue weighted by molar-refractivity contribution is 5.99. The van der Waals surface area contributed by atoms with Gasteiger partial charge in [0.15, 0.2) is 5.69 Å². The monoisotopic (exact) mass is 430 g/mol. The lowest BCUT2D eigenvalue weighted by Gasteiger charge is -2.07. The van der Waals surface area contributed by atoms with Crippen molar-refractivity contribution < 1.29 is 9.42 Å². The molecule has 2 heterocycles. The van der Waals surface area contributed by atoms with E-state index in [1.54, 1.807) is 0 Å². The molecule has 0 aliphatic carbocycles. The molecule has 4 rings (SSSR count). The Hall–Kier alpha value is -4.34. The third-order valence-corrected chi connectivity index (χ3v) is 4.87. The zero-order valence-electron chi connectivity index (χ0n) is 17.7. The van der Waals surface area contributed by atoms with Crippen LogP contribution in [0.1, 0.15) is 35.0 Å². The minimum absolute atomic E-state index is 0.0324. The molecule has 0 atom stereocenters. The molecule has 0 saturated heterocycles. The van der Waals surface area contributed by atoms with Crippen molar-refractivity contribution in [1.82, 2.24) is 30.7 Å². The largest absolute Gasteiger partial charge is 0.378 e. The van der Waals surface area contributed by atoms with Gasteiger partial charge in [-0.1, -0.05) is 65.4 Å². The van der Waals surface area contributed by atoms with E-state index in [-0.39, 0.29) is 17.3 Å². The second-order valence-electron chi connectivity index (χ2n) is 7.31. The van der Waals surface area contributed by atoms with Crippen LogP contribution in [0.4, 0.5) is 5.82 Å². The van der Waals surface area contributed by atoms with Crippen LogP contribution in [-0.4, -0.2) is 36.9 Å². The molecule has 2 aromatic carbocycles. The lowest BCUT2D eigenvalue weighted by atomic mass is 10.1. The number of hydrogen-bond donors (Lipinski definition) is 2. The van der Waals surface area contributed by atoms with E-state index < -0.39 is 5.91 Å². The first kappa shape index (κ1) is 20.9. The van der Waals surface area contributed by atoms with Crippen LogP contribution in [0.15, 0.2) is 64.3 Å². The molecule has 4 aromatic rings. The maximum Gasteiger partial charge on any atom is 0.294 e. The lowest BCUT2D eigenvalue weighted by molar-refractivity contribution is 0.0950. The highest BCUT2D eigenvalue weighted by Crippen LogP contribution is 2.26. The topological polar surface area (TPSA) is 137 Å². The van der Waals surface area contributed by atoms with Crippen LogP contribution in [0.5, 0.6) is 0 Å². The Bertz CT molecular complexity index is 1240. The number of aryl methyl sites for hydroxylation is 2. The molecule has 162 valence electrons. The molecule has 3 N–H and O–H groups in total. The molecule has 0 aliphatic rings. The zero-order chi connectivity index (χ0) is 22.5. The molecule has 0 unspecified atom stereocenters. The highest BCUT2D eigenvalue weighted by atomic mass is 16.6. The minimum atomic E-state index is -0.499. The van der Waals surface area contributed by atoms with Gasteiger partial charge in [-0.25, -0.2) is 10.1 Å². The Labute approximate surface area is 184 Å². The van der Waals surface area contributed by atoms with Crippen LogP contribution in [-0.2, 0) is 6.42 Å². The van der Waals surface area contributed by atoms with E-state index >= 15 is 0 Å². The summed E-state index contributed by atoms with van der Waals surface area (Å²) in [7, 11) is 0. The van der Waals surface area contributed by atoms with E-state index in [1.165, 1.54) is 10.2 Å². The van der Waals surface area contributed by atoms with Crippen LogP contribution in [0, 0.1) is 6.92 Å². The number of carbonyl (C=O) groups excluding carboxylic acids is 1. The second-order valence-corrected chi connectivity index (χ2v) is 7.31. The van der Waals surface area contributed by atoms with Crippen molar-refractivity contribution in [2.45, 2.75) is 26.7 Å². The van der Waals surface area contributed by atoms with Crippen LogP contribution in [0.3, 0.4) is 0 Å². The number of hydrogen-bond acceptors (Lipinski definition) is 8. The van der Waals surface area contributed by atoms with Crippen LogP contribution in [0.25, 0.3) is 17.1 Å². The predicted molar refractivity (Wildman–Crippen MR) is 119 cm³/mol. The number of nitrogens with one attached hydrogen (secondary N) is 1. The maximum absolute atomic E-state index is 12.9. The molecule has 32 heavy (non-hydrogen) atoms. The van der Waals surface area contributed by atoms with E-state index in [0.717, 1.165) is 17.7 Å². The first-order valence-corrected chi connectivity index (χ1v) is 10.0. The molecular formula is C22H22N8O2. The van der Waals surface area contributed by atoms with Gasteiger partial charge in [0.05, 0.1) is 0 Å². The molecule has 10 nitrogen and oxygen atoms in total. The second kappa shape index (κ2) is 9.21. The highest BCUT2D eigenvalue weighted by Gasteiger charge is 2.25. The Balaban J connectivity index is 1.58. The lowest BCUT2D eigenvalue weighted by Crippen LogP contribution is -2.20. The summed E-state index contributed by atoms with van der Waals surface area (Å²) >= 11 is 0. The van der Waals surface area contributed by atoms with Crippen LogP contribution >= 0.6 is 0 Å². The van der Waals surface area contributed by atoms with Crippen molar-refractivity contribution in [2.24, 2.45) is 5.10 Å². The summed E-state index contributed by atoms with van der Waals surface area (Å²) < 4.78 is 6.02. The number of nitrogens with zero attached hydrogens (tertiary/aromatic N) is 6. The standard InChI is InChI=1S/C22H22N8O2/c1-14-8-12-17(13-9-14)19-18(25-29-30(19)21-20(23)27-32-28-21)22(31)26-24-15(2)10-11-16-6-4-3-5-7-16/h3-9,12-13H,10-11H2,1-2H3,(H2,23,27)(H,26,31)/b24-15-. The number of anilines is 1. The van der Waals surface area contributed by atoms with Gasteiger partial charge in [0.25, 0.3) is 5.91 Å². The van der Waals surface area contributed by atoms with E-state index in [0.29, 0.717) is 17.7 Å². The van der Waals surface area contributed by atoms with Crippen molar-refractivity contribution in [3.05, 3.63) is 71.4 Å². The molecule has 0 spiro atoms. The molecule has 0 radical (unpaired) electrons. The number of hydrazone groups is 1. The van der Waals surface area contributed by atoms with Crippen LogP contribution in [0.2, 0.25) is 0 Å². The number of aromatic nitrogens is 5. The van der Waals surface area contributed by atoms with Gasteiger partial charge >= 0.3 is 0 Å². The van der Waals surface area contributed by atoms with Gasteiger partial charge in [0.2, 0.25) is 11.6 Å². The third kappa shape index (κ3) is 4.53. The van der Waals surface area contributed by atoms with Gasteiger partial charge < -0.3 is 5.73 Å². The number of benzene rings is 2. The fourth-order valence-corrected chi connectivity index (χ4v) is 3.12. The Morgan fingerprint density at radius 1 is 1.12 bits per heavy atom. The van der Waals surface area contributed by atoms with Gasteiger partial charge in [-0.15, -0.1) is 5.10 Å². The summed E-state index contributed by atoms with van der Waals surface area (Å²) in [6.07, 6.45) is 1.54. The maximum atomic E-state index is 12.9. The van der Waals surface area contributed by atoms with E-state index in [4.69, 9.17) is 5.73 Å². The average molecular weight is 430 g/mol. The first-order chi connectivity index (χ1) is 15.5. The predicted octanol–water partition coefficient (Wildman–Crippen LogP) is 2.95. The van der Waals surface area contributed by atoms with Crippen molar-refractivity contribution in [1.29, 1.82) is 0 Å². The molecule has 2 aromatic heterocycles. The molecular weight excluding hydrogens is 408 g/mol. The smallest absolute Gasteiger partial charge is 0.294 e. The minimum Gasteiger partial charge on any atom is -0.378 e. The quantitative estimate of drug-likeness (QED) is 0.340. The molecule has 1 amide bonds. The third-order valence-electron chi connectivity index (χ3n) is 4.87. The summed E-state index contributed by atoms with van der Waals surface area (Å²) in [5.41, 5.74) is 12.7. The summed E-state index contributed by atoms with van der Waals surface area (Å²) in [5, 5.41) is 19.7. The molecule has 0 aliphatic heterocycles. The zero-order valence-corrected chi connectivity index (χ0v) is 17.7. The van der Waals surface area contributed by atoms with E-state index in [9.17, 15) is 4.79 Å². The average Bonchev–Trinajstić information content (AvgIpc) is 3.43. The SMILES string of the molecule is C/C(CCc1ccccc1)=N/NC(=O)c1nnn(-c2nonc2N)c1-c1ccc(C)cc1. The van der Waals surface area contributed by atoms with Crippen molar-refractivity contribution in [3.63, 3.8) is 0 Å². The van der Waals surface area contributed by atoms with Gasteiger partial charge in [0, 0.05) is 11.3 Å². The number of rotatable bonds is 7. The Morgan fingerprint density at radius 3 is 2.56 bits per heavy atom. The van der Waals surface area contributed by atoms with Crippen LogP contribution < -0.4 is 11.2 Å². The molecule has 10 heteroatoms. The number of carbonyl (C=O) groups is 1. The first-order valence-electron chi connectivity index (χ1n) is 10.0. The molecule has 0 fully saturated rings. The Kier molecular flexibility index (Phi) is 6.02. The summed E-state index contributed by atoms with van der Waals surface area (Å²) in [5.74, 6) is -0.319. The normalized spacial score (nSPS) is 11.5. The van der Waals surface area contributed by atoms with Gasteiger partial charge in [-0.2, -0.15) is 9.78 Å². The van der Waals surface area contributed by atoms with Crippen molar-refractivity contribution in [2.75, 3.05) is 5.73 Å². The summed E-state index contributed by atoms with van der Waals surface area (Å²) in [6, 6.07) is 17.7. The summed E-state index contributed by atoms with van der Waals surface area (Å²) in [4.78, 5) is 12.9. The van der Waals surface area contributed by atoms with Gasteiger partial charge in [-0.05, 0) is 42.6 Å². The fourth-order valence-electron chi connectivity index (χ4n) is 3.12. The summed E-state index contributed by atoms with van der Waals surface area (Å²) in [6.45, 7) is 3.84. The number of amides is 1. The van der Waals surface area contributed by atoms with Gasteiger partial charge in [0.1, 0.15) is 5.69 Å². The molecule has 0 saturated carbocycles. The number of nitrogens with two attached hydrogens (primary N) is 1.